The van der Waals surface area contributed by atoms with Crippen LogP contribution in [-0.2, 0) is 10.2 Å². The van der Waals surface area contributed by atoms with Gasteiger partial charge in [0, 0.05) is 56.4 Å². The highest BCUT2D eigenvalue weighted by molar-refractivity contribution is 5.94. The summed E-state index contributed by atoms with van der Waals surface area (Å²) in [7, 11) is 1.63. The number of ether oxygens (including phenoxy) is 2. The normalized spacial score (nSPS) is 18.8. The third-order valence-electron chi connectivity index (χ3n) is 7.46. The van der Waals surface area contributed by atoms with Crippen molar-refractivity contribution < 1.29 is 18.7 Å². The molecule has 8 nitrogen and oxygen atoms in total. The maximum atomic E-state index is 14.8. The molecule has 0 aliphatic carbocycles. The average molecular weight is 534 g/mol. The molecule has 0 spiro atoms. The van der Waals surface area contributed by atoms with Gasteiger partial charge in [-0.25, -0.2) is 9.37 Å². The molecule has 5 rings (SSSR count). The molecular weight excluding hydrogens is 497 g/mol. The second-order valence-corrected chi connectivity index (χ2v) is 11.3. The average Bonchev–Trinajstić information content (AvgIpc) is 3.50. The molecule has 2 aliphatic rings. The standard InChI is InChI=1S/C30H36FN5O3/c1-30(2,3)23-7-5-20(6-8-23)28(37)36-18-21-16-35(17-22(21)19-36)27-26(31)15-32-29(34-27)33-24-9-11-25(12-10-24)39-14-13-38-4/h5-12,15,21-22H,13-14,16-19H2,1-4H3,(H,32,33,34). The van der Waals surface area contributed by atoms with Crippen LogP contribution in [0.15, 0.2) is 54.7 Å². The highest BCUT2D eigenvalue weighted by atomic mass is 19.1. The molecule has 1 aromatic heterocycles. The predicted molar refractivity (Wildman–Crippen MR) is 149 cm³/mol. The summed E-state index contributed by atoms with van der Waals surface area (Å²) >= 11 is 0. The summed E-state index contributed by atoms with van der Waals surface area (Å²) in [6.45, 7) is 10.1. The van der Waals surface area contributed by atoms with Crippen LogP contribution >= 0.6 is 0 Å². The van der Waals surface area contributed by atoms with Crippen molar-refractivity contribution in [3.8, 4) is 5.75 Å². The minimum absolute atomic E-state index is 0.0467. The maximum absolute atomic E-state index is 14.8. The van der Waals surface area contributed by atoms with E-state index in [2.05, 4.69) is 36.1 Å². The van der Waals surface area contributed by atoms with Crippen LogP contribution in [0.5, 0.6) is 5.75 Å². The van der Waals surface area contributed by atoms with Crippen molar-refractivity contribution >= 4 is 23.4 Å². The molecule has 0 saturated carbocycles. The van der Waals surface area contributed by atoms with Gasteiger partial charge in [-0.2, -0.15) is 4.98 Å². The monoisotopic (exact) mass is 533 g/mol. The second kappa shape index (κ2) is 11.2. The van der Waals surface area contributed by atoms with Crippen LogP contribution in [0.25, 0.3) is 0 Å². The number of likely N-dealkylation sites (tertiary alicyclic amines) is 1. The smallest absolute Gasteiger partial charge is 0.253 e. The number of hydrogen-bond donors (Lipinski definition) is 1. The molecular formula is C30H36FN5O3. The highest BCUT2D eigenvalue weighted by Crippen LogP contribution is 2.35. The Bertz CT molecular complexity index is 1280. The van der Waals surface area contributed by atoms with E-state index in [1.54, 1.807) is 7.11 Å². The minimum atomic E-state index is -0.450. The van der Waals surface area contributed by atoms with Gasteiger partial charge in [0.05, 0.1) is 12.8 Å². The molecule has 39 heavy (non-hydrogen) atoms. The lowest BCUT2D eigenvalue weighted by Crippen LogP contribution is -2.33. The zero-order valence-electron chi connectivity index (χ0n) is 23.0. The summed E-state index contributed by atoms with van der Waals surface area (Å²) < 4.78 is 25.4. The number of halogens is 1. The summed E-state index contributed by atoms with van der Waals surface area (Å²) in [6, 6.07) is 15.3. The van der Waals surface area contributed by atoms with Gasteiger partial charge < -0.3 is 24.6 Å². The van der Waals surface area contributed by atoms with Gasteiger partial charge in [-0.3, -0.25) is 4.79 Å². The molecule has 206 valence electrons. The molecule has 9 heteroatoms. The minimum Gasteiger partial charge on any atom is -0.491 e. The summed E-state index contributed by atoms with van der Waals surface area (Å²) in [5.41, 5.74) is 2.74. The zero-order chi connectivity index (χ0) is 27.6. The molecule has 2 aromatic carbocycles. The number of nitrogens with one attached hydrogen (secondary N) is 1. The van der Waals surface area contributed by atoms with E-state index in [-0.39, 0.29) is 29.0 Å². The summed E-state index contributed by atoms with van der Waals surface area (Å²) in [6.07, 6.45) is 1.21. The Hall–Kier alpha value is -3.72. The number of nitrogens with zero attached hydrogens (tertiary/aromatic N) is 4. The van der Waals surface area contributed by atoms with Gasteiger partial charge >= 0.3 is 0 Å². The van der Waals surface area contributed by atoms with Crippen LogP contribution in [0.1, 0.15) is 36.7 Å². The fraction of sp³-hybridized carbons (Fsp3) is 0.433. The lowest BCUT2D eigenvalue weighted by molar-refractivity contribution is 0.0782. The van der Waals surface area contributed by atoms with E-state index in [1.807, 2.05) is 58.3 Å². The summed E-state index contributed by atoms with van der Waals surface area (Å²) in [4.78, 5) is 25.7. The van der Waals surface area contributed by atoms with Gasteiger partial charge in [-0.05, 0) is 47.4 Å². The third-order valence-corrected chi connectivity index (χ3v) is 7.46. The maximum Gasteiger partial charge on any atom is 0.253 e. The number of rotatable bonds is 8. The predicted octanol–water partition coefficient (Wildman–Crippen LogP) is 4.89. The first-order valence-corrected chi connectivity index (χ1v) is 13.4. The summed E-state index contributed by atoms with van der Waals surface area (Å²) in [5.74, 6) is 1.51. The quantitative estimate of drug-likeness (QED) is 0.413. The molecule has 3 heterocycles. The van der Waals surface area contributed by atoms with E-state index in [4.69, 9.17) is 9.47 Å². The van der Waals surface area contributed by atoms with E-state index >= 15 is 0 Å². The molecule has 1 amide bonds. The number of amides is 1. The Morgan fingerprint density at radius 3 is 2.28 bits per heavy atom. The number of hydrogen-bond acceptors (Lipinski definition) is 7. The van der Waals surface area contributed by atoms with Gasteiger partial charge in [0.15, 0.2) is 11.6 Å². The van der Waals surface area contributed by atoms with E-state index in [0.29, 0.717) is 50.9 Å². The topological polar surface area (TPSA) is 79.8 Å². The van der Waals surface area contributed by atoms with Crippen molar-refractivity contribution in [1.82, 2.24) is 14.9 Å². The number of aromatic nitrogens is 2. The fourth-order valence-electron chi connectivity index (χ4n) is 5.27. The number of carbonyl (C=O) groups is 1. The van der Waals surface area contributed by atoms with Crippen molar-refractivity contribution in [1.29, 1.82) is 0 Å². The lowest BCUT2D eigenvalue weighted by atomic mass is 9.86. The zero-order valence-corrected chi connectivity index (χ0v) is 23.0. The summed E-state index contributed by atoms with van der Waals surface area (Å²) in [5, 5.41) is 3.14. The van der Waals surface area contributed by atoms with Crippen molar-refractivity contribution in [2.45, 2.75) is 26.2 Å². The number of benzene rings is 2. The van der Waals surface area contributed by atoms with Crippen LogP contribution in [0.4, 0.5) is 21.8 Å². The van der Waals surface area contributed by atoms with E-state index in [9.17, 15) is 9.18 Å². The molecule has 2 atom stereocenters. The van der Waals surface area contributed by atoms with Gasteiger partial charge in [0.25, 0.3) is 5.91 Å². The molecule has 2 fully saturated rings. The first-order chi connectivity index (χ1) is 18.7. The number of anilines is 3. The van der Waals surface area contributed by atoms with Gasteiger partial charge in [0.1, 0.15) is 12.4 Å². The molecule has 0 bridgehead atoms. The molecule has 3 aromatic rings. The number of fused-ring (bicyclic) bond motifs is 1. The molecule has 1 N–H and O–H groups in total. The Labute approximate surface area is 229 Å². The van der Waals surface area contributed by atoms with Crippen LogP contribution in [0.3, 0.4) is 0 Å². The van der Waals surface area contributed by atoms with Crippen LogP contribution < -0.4 is 15.0 Å². The second-order valence-electron chi connectivity index (χ2n) is 11.3. The number of carbonyl (C=O) groups excluding carboxylic acids is 1. The third kappa shape index (κ3) is 6.14. The van der Waals surface area contributed by atoms with Crippen molar-refractivity contribution in [2.24, 2.45) is 11.8 Å². The Balaban J connectivity index is 1.19. The van der Waals surface area contributed by atoms with E-state index < -0.39 is 5.82 Å². The molecule has 2 saturated heterocycles. The van der Waals surface area contributed by atoms with Gasteiger partial charge in [-0.1, -0.05) is 32.9 Å². The van der Waals surface area contributed by atoms with Crippen molar-refractivity contribution in [3.05, 3.63) is 71.7 Å². The Morgan fingerprint density at radius 1 is 1.00 bits per heavy atom. The first-order valence-electron chi connectivity index (χ1n) is 13.4. The molecule has 2 unspecified atom stereocenters. The number of methoxy groups -OCH3 is 1. The van der Waals surface area contributed by atoms with Crippen LogP contribution in [-0.4, -0.2) is 67.3 Å². The Morgan fingerprint density at radius 2 is 1.67 bits per heavy atom. The molecule has 0 radical (unpaired) electrons. The van der Waals surface area contributed by atoms with Gasteiger partial charge in [-0.15, -0.1) is 0 Å². The fourth-order valence-corrected chi connectivity index (χ4v) is 5.27. The Kier molecular flexibility index (Phi) is 7.70. The molecule has 2 aliphatic heterocycles. The lowest BCUT2D eigenvalue weighted by Gasteiger charge is -2.23. The van der Waals surface area contributed by atoms with E-state index in [0.717, 1.165) is 11.4 Å². The van der Waals surface area contributed by atoms with E-state index in [1.165, 1.54) is 11.8 Å². The largest absolute Gasteiger partial charge is 0.491 e. The van der Waals surface area contributed by atoms with Crippen LogP contribution in [0, 0.1) is 17.7 Å². The SMILES string of the molecule is COCCOc1ccc(Nc2ncc(F)c(N3CC4CN(C(=O)c5ccc(C(C)(C)C)cc5)CC4C3)n2)cc1. The van der Waals surface area contributed by atoms with Crippen molar-refractivity contribution in [3.63, 3.8) is 0 Å². The van der Waals surface area contributed by atoms with Crippen LogP contribution in [0.2, 0.25) is 0 Å². The van der Waals surface area contributed by atoms with Gasteiger partial charge in [0.2, 0.25) is 5.95 Å². The van der Waals surface area contributed by atoms with Crippen molar-refractivity contribution in [2.75, 3.05) is 56.7 Å². The first kappa shape index (κ1) is 26.9. The highest BCUT2D eigenvalue weighted by Gasteiger charge is 2.42.